The highest BCUT2D eigenvalue weighted by Crippen LogP contribution is 2.31. The first-order valence-corrected chi connectivity index (χ1v) is 10.3. The lowest BCUT2D eigenvalue weighted by atomic mass is 9.93. The predicted octanol–water partition coefficient (Wildman–Crippen LogP) is 3.44. The zero-order valence-corrected chi connectivity index (χ0v) is 18.7. The number of ether oxygens (including phenoxy) is 3. The van der Waals surface area contributed by atoms with Crippen molar-refractivity contribution < 1.29 is 23.8 Å². The minimum atomic E-state index is -0.584. The van der Waals surface area contributed by atoms with Crippen LogP contribution in [0.25, 0.3) is 0 Å². The molecule has 1 aromatic heterocycles. The number of nitrogens with one attached hydrogen (secondary N) is 2. The molecular formula is C22H30N4O5. The van der Waals surface area contributed by atoms with Crippen molar-refractivity contribution in [2.75, 3.05) is 19.5 Å². The first-order valence-electron chi connectivity index (χ1n) is 10.3. The quantitative estimate of drug-likeness (QED) is 0.728. The van der Waals surface area contributed by atoms with Crippen LogP contribution in [0.2, 0.25) is 0 Å². The summed E-state index contributed by atoms with van der Waals surface area (Å²) in [6, 6.07) is 4.91. The van der Waals surface area contributed by atoms with E-state index in [-0.39, 0.29) is 18.5 Å². The minimum absolute atomic E-state index is 0.0109. The lowest BCUT2D eigenvalue weighted by molar-refractivity contribution is -0.117. The summed E-state index contributed by atoms with van der Waals surface area (Å²) in [6.07, 6.45) is 3.82. The summed E-state index contributed by atoms with van der Waals surface area (Å²) < 4.78 is 17.6. The van der Waals surface area contributed by atoms with Gasteiger partial charge in [0.25, 0.3) is 0 Å². The van der Waals surface area contributed by atoms with Crippen molar-refractivity contribution in [2.24, 2.45) is 0 Å². The van der Waals surface area contributed by atoms with E-state index in [1.807, 2.05) is 20.8 Å². The summed E-state index contributed by atoms with van der Waals surface area (Å²) in [6.45, 7) is 5.47. The van der Waals surface area contributed by atoms with E-state index in [1.165, 1.54) is 7.11 Å². The number of hydrogen-bond acceptors (Lipinski definition) is 6. The summed E-state index contributed by atoms with van der Waals surface area (Å²) in [4.78, 5) is 25.0. The maximum atomic E-state index is 12.7. The van der Waals surface area contributed by atoms with Crippen molar-refractivity contribution in [3.05, 3.63) is 35.7 Å². The normalized spacial score (nSPS) is 15.6. The van der Waals surface area contributed by atoms with E-state index >= 15 is 0 Å². The van der Waals surface area contributed by atoms with Gasteiger partial charge in [-0.2, -0.15) is 5.10 Å². The van der Waals surface area contributed by atoms with Gasteiger partial charge in [0, 0.05) is 6.07 Å². The third-order valence-electron chi connectivity index (χ3n) is 4.90. The maximum Gasteiger partial charge on any atom is 0.408 e. The SMILES string of the molecule is COc1ccc(NC(=O)Cn2ncc3c2[C@H](NC(=O)OC(C)(C)C)CCC3)c(OC)c1. The van der Waals surface area contributed by atoms with E-state index in [0.717, 1.165) is 30.5 Å². The molecule has 1 heterocycles. The third-order valence-corrected chi connectivity index (χ3v) is 4.90. The van der Waals surface area contributed by atoms with Gasteiger partial charge in [-0.15, -0.1) is 0 Å². The second-order valence-corrected chi connectivity index (χ2v) is 8.42. The van der Waals surface area contributed by atoms with Crippen molar-refractivity contribution in [3.8, 4) is 11.5 Å². The summed E-state index contributed by atoms with van der Waals surface area (Å²) in [5.74, 6) is 0.877. The van der Waals surface area contributed by atoms with Crippen molar-refractivity contribution in [3.63, 3.8) is 0 Å². The Balaban J connectivity index is 1.73. The Morgan fingerprint density at radius 2 is 2.00 bits per heavy atom. The van der Waals surface area contributed by atoms with Crippen molar-refractivity contribution in [1.82, 2.24) is 15.1 Å². The Bertz CT molecular complexity index is 948. The Morgan fingerprint density at radius 3 is 2.68 bits per heavy atom. The third kappa shape index (κ3) is 5.68. The van der Waals surface area contributed by atoms with Crippen LogP contribution in [-0.4, -0.2) is 41.6 Å². The molecular weight excluding hydrogens is 400 g/mol. The van der Waals surface area contributed by atoms with Gasteiger partial charge in [-0.25, -0.2) is 4.79 Å². The van der Waals surface area contributed by atoms with Gasteiger partial charge in [-0.05, 0) is 57.7 Å². The number of nitrogens with zero attached hydrogens (tertiary/aromatic N) is 2. The average Bonchev–Trinajstić information content (AvgIpc) is 3.10. The van der Waals surface area contributed by atoms with Gasteiger partial charge in [0.1, 0.15) is 23.6 Å². The van der Waals surface area contributed by atoms with Gasteiger partial charge in [-0.3, -0.25) is 9.48 Å². The molecule has 1 aromatic carbocycles. The fourth-order valence-electron chi connectivity index (χ4n) is 3.61. The van der Waals surface area contributed by atoms with Crippen LogP contribution in [0.1, 0.15) is 50.9 Å². The Kier molecular flexibility index (Phi) is 6.72. The largest absolute Gasteiger partial charge is 0.497 e. The van der Waals surface area contributed by atoms with E-state index in [2.05, 4.69) is 15.7 Å². The Labute approximate surface area is 182 Å². The van der Waals surface area contributed by atoms with Crippen LogP contribution >= 0.6 is 0 Å². The molecule has 0 unspecified atom stereocenters. The molecule has 2 amide bonds. The Hall–Kier alpha value is -3.23. The molecule has 31 heavy (non-hydrogen) atoms. The summed E-state index contributed by atoms with van der Waals surface area (Å²) in [5, 5.41) is 10.2. The van der Waals surface area contributed by atoms with Crippen molar-refractivity contribution >= 4 is 17.7 Å². The van der Waals surface area contributed by atoms with Crippen LogP contribution in [-0.2, 0) is 22.5 Å². The van der Waals surface area contributed by atoms with E-state index in [4.69, 9.17) is 14.2 Å². The fraction of sp³-hybridized carbons (Fsp3) is 0.500. The van der Waals surface area contributed by atoms with Gasteiger partial charge in [0.15, 0.2) is 0 Å². The van der Waals surface area contributed by atoms with Gasteiger partial charge < -0.3 is 24.8 Å². The topological polar surface area (TPSA) is 104 Å². The number of alkyl carbamates (subject to hydrolysis) is 1. The van der Waals surface area contributed by atoms with E-state index < -0.39 is 11.7 Å². The molecule has 2 N–H and O–H groups in total. The number of amides is 2. The van der Waals surface area contributed by atoms with Crippen molar-refractivity contribution in [1.29, 1.82) is 0 Å². The molecule has 168 valence electrons. The van der Waals surface area contributed by atoms with E-state index in [9.17, 15) is 9.59 Å². The first-order chi connectivity index (χ1) is 14.7. The molecule has 3 rings (SSSR count). The summed E-state index contributed by atoms with van der Waals surface area (Å²) >= 11 is 0. The number of anilines is 1. The number of benzene rings is 1. The van der Waals surface area contributed by atoms with E-state index in [0.29, 0.717) is 17.2 Å². The van der Waals surface area contributed by atoms with Gasteiger partial charge in [0.2, 0.25) is 5.91 Å². The molecule has 1 aliphatic rings. The number of carbonyl (C=O) groups is 2. The molecule has 1 aliphatic carbocycles. The number of methoxy groups -OCH3 is 2. The minimum Gasteiger partial charge on any atom is -0.497 e. The highest BCUT2D eigenvalue weighted by molar-refractivity contribution is 5.92. The van der Waals surface area contributed by atoms with Crippen LogP contribution in [0.3, 0.4) is 0 Å². The molecule has 2 aromatic rings. The zero-order chi connectivity index (χ0) is 22.6. The number of carbonyl (C=O) groups excluding carboxylic acids is 2. The smallest absolute Gasteiger partial charge is 0.408 e. The van der Waals surface area contributed by atoms with Crippen LogP contribution in [0.4, 0.5) is 10.5 Å². The second kappa shape index (κ2) is 9.28. The monoisotopic (exact) mass is 430 g/mol. The first kappa shape index (κ1) is 22.5. The summed E-state index contributed by atoms with van der Waals surface area (Å²) in [7, 11) is 3.09. The number of fused-ring (bicyclic) bond motifs is 1. The fourth-order valence-corrected chi connectivity index (χ4v) is 3.61. The van der Waals surface area contributed by atoms with Gasteiger partial charge in [-0.1, -0.05) is 0 Å². The lowest BCUT2D eigenvalue weighted by Gasteiger charge is -2.27. The second-order valence-electron chi connectivity index (χ2n) is 8.42. The molecule has 0 bridgehead atoms. The standard InChI is InChI=1S/C22H30N4O5/c1-22(2,3)31-21(28)25-17-8-6-7-14-12-23-26(20(14)17)13-19(27)24-16-10-9-15(29-4)11-18(16)30-5/h9-12,17H,6-8,13H2,1-5H3,(H,24,27)(H,25,28)/t17-/m1/s1. The highest BCUT2D eigenvalue weighted by atomic mass is 16.6. The van der Waals surface area contributed by atoms with Crippen LogP contribution < -0.4 is 20.1 Å². The average molecular weight is 431 g/mol. The Morgan fingerprint density at radius 1 is 1.23 bits per heavy atom. The molecule has 0 saturated heterocycles. The molecule has 0 radical (unpaired) electrons. The highest BCUT2D eigenvalue weighted by Gasteiger charge is 2.29. The number of rotatable bonds is 6. The van der Waals surface area contributed by atoms with Crippen LogP contribution in [0.15, 0.2) is 24.4 Å². The molecule has 0 spiro atoms. The van der Waals surface area contributed by atoms with Crippen LogP contribution in [0, 0.1) is 0 Å². The molecule has 0 aliphatic heterocycles. The van der Waals surface area contributed by atoms with Gasteiger partial charge in [0.05, 0.1) is 37.8 Å². The molecule has 0 fully saturated rings. The van der Waals surface area contributed by atoms with E-state index in [1.54, 1.807) is 36.2 Å². The molecule has 9 nitrogen and oxygen atoms in total. The number of aryl methyl sites for hydroxylation is 1. The molecule has 0 saturated carbocycles. The van der Waals surface area contributed by atoms with Crippen molar-refractivity contribution in [2.45, 2.75) is 58.2 Å². The lowest BCUT2D eigenvalue weighted by Crippen LogP contribution is -2.37. The van der Waals surface area contributed by atoms with Gasteiger partial charge >= 0.3 is 6.09 Å². The molecule has 9 heteroatoms. The maximum absolute atomic E-state index is 12.7. The number of hydrogen-bond donors (Lipinski definition) is 2. The summed E-state index contributed by atoms with van der Waals surface area (Å²) in [5.41, 5.74) is 1.83. The molecule has 1 atom stereocenters. The number of aromatic nitrogens is 2. The van der Waals surface area contributed by atoms with Crippen LogP contribution in [0.5, 0.6) is 11.5 Å². The zero-order valence-electron chi connectivity index (χ0n) is 18.7. The predicted molar refractivity (Wildman–Crippen MR) is 115 cm³/mol.